The molecule has 1 aromatic heterocycles. The van der Waals surface area contributed by atoms with Gasteiger partial charge in [0, 0.05) is 17.5 Å². The second kappa shape index (κ2) is 6.37. The van der Waals surface area contributed by atoms with E-state index < -0.39 is 0 Å². The van der Waals surface area contributed by atoms with Crippen LogP contribution >= 0.6 is 27.3 Å². The standard InChI is InChI=1S/C11H16BrNO2S/c1-7(11(14)15-3)8(2)13-6-9-4-5-10(12)16-9/h4-5,7-8,13H,6H2,1-3H3. The Bertz CT molecular complexity index is 354. The lowest BCUT2D eigenvalue weighted by molar-refractivity contribution is -0.145. The van der Waals surface area contributed by atoms with E-state index in [1.807, 2.05) is 19.9 Å². The van der Waals surface area contributed by atoms with E-state index in [1.165, 1.54) is 12.0 Å². The van der Waals surface area contributed by atoms with Crippen molar-refractivity contribution in [3.8, 4) is 0 Å². The molecule has 0 bridgehead atoms. The van der Waals surface area contributed by atoms with Crippen LogP contribution in [0.4, 0.5) is 0 Å². The maximum Gasteiger partial charge on any atom is 0.309 e. The van der Waals surface area contributed by atoms with E-state index in [1.54, 1.807) is 11.3 Å². The topological polar surface area (TPSA) is 38.3 Å². The van der Waals surface area contributed by atoms with Crippen LogP contribution in [0.15, 0.2) is 15.9 Å². The van der Waals surface area contributed by atoms with Gasteiger partial charge in [0.15, 0.2) is 0 Å². The van der Waals surface area contributed by atoms with Gasteiger partial charge in [-0.25, -0.2) is 0 Å². The van der Waals surface area contributed by atoms with Crippen LogP contribution in [0, 0.1) is 5.92 Å². The normalized spacial score (nSPS) is 14.5. The fraction of sp³-hybridized carbons (Fsp3) is 0.545. The predicted molar refractivity (Wildman–Crippen MR) is 69.5 cm³/mol. The van der Waals surface area contributed by atoms with Gasteiger partial charge in [0.25, 0.3) is 0 Å². The third-order valence-electron chi connectivity index (χ3n) is 2.55. The van der Waals surface area contributed by atoms with Gasteiger partial charge in [0.1, 0.15) is 0 Å². The molecule has 2 unspecified atom stereocenters. The van der Waals surface area contributed by atoms with Crippen LogP contribution in [-0.2, 0) is 16.1 Å². The molecule has 0 fully saturated rings. The smallest absolute Gasteiger partial charge is 0.309 e. The maximum absolute atomic E-state index is 11.3. The zero-order chi connectivity index (χ0) is 12.1. The minimum atomic E-state index is -0.174. The third-order valence-corrected chi connectivity index (χ3v) is 4.17. The molecular formula is C11H16BrNO2S. The Morgan fingerprint density at radius 2 is 2.25 bits per heavy atom. The second-order valence-electron chi connectivity index (χ2n) is 3.69. The van der Waals surface area contributed by atoms with Gasteiger partial charge >= 0.3 is 5.97 Å². The monoisotopic (exact) mass is 305 g/mol. The molecule has 0 amide bonds. The van der Waals surface area contributed by atoms with Crippen LogP contribution in [0.1, 0.15) is 18.7 Å². The first-order valence-electron chi connectivity index (χ1n) is 5.10. The third kappa shape index (κ3) is 3.88. The largest absolute Gasteiger partial charge is 0.469 e. The highest BCUT2D eigenvalue weighted by Crippen LogP contribution is 2.22. The van der Waals surface area contributed by atoms with Crippen LogP contribution in [0.5, 0.6) is 0 Å². The van der Waals surface area contributed by atoms with E-state index in [-0.39, 0.29) is 17.9 Å². The van der Waals surface area contributed by atoms with E-state index in [0.717, 1.165) is 10.3 Å². The van der Waals surface area contributed by atoms with Crippen molar-refractivity contribution in [3.05, 3.63) is 20.8 Å². The molecular weight excluding hydrogens is 290 g/mol. The molecule has 1 heterocycles. The van der Waals surface area contributed by atoms with Crippen molar-refractivity contribution in [1.29, 1.82) is 0 Å². The Balaban J connectivity index is 2.40. The lowest BCUT2D eigenvalue weighted by Gasteiger charge is -2.18. The van der Waals surface area contributed by atoms with Crippen molar-refractivity contribution >= 4 is 33.2 Å². The molecule has 0 aliphatic rings. The maximum atomic E-state index is 11.3. The van der Waals surface area contributed by atoms with Crippen LogP contribution < -0.4 is 5.32 Å². The molecule has 0 radical (unpaired) electrons. The summed E-state index contributed by atoms with van der Waals surface area (Å²) in [6, 6.07) is 4.20. The van der Waals surface area contributed by atoms with Crippen molar-refractivity contribution in [3.63, 3.8) is 0 Å². The fourth-order valence-corrected chi connectivity index (χ4v) is 2.71. The molecule has 1 N–H and O–H groups in total. The number of methoxy groups -OCH3 is 1. The van der Waals surface area contributed by atoms with Crippen molar-refractivity contribution in [2.45, 2.75) is 26.4 Å². The molecule has 0 aliphatic heterocycles. The summed E-state index contributed by atoms with van der Waals surface area (Å²) in [6.07, 6.45) is 0. The number of ether oxygens (including phenoxy) is 1. The molecule has 0 aliphatic carbocycles. The summed E-state index contributed by atoms with van der Waals surface area (Å²) in [6.45, 7) is 4.64. The highest BCUT2D eigenvalue weighted by molar-refractivity contribution is 9.11. The van der Waals surface area contributed by atoms with Gasteiger partial charge in [0.05, 0.1) is 16.8 Å². The molecule has 1 aromatic rings. The molecule has 0 saturated carbocycles. The number of esters is 1. The molecule has 2 atom stereocenters. The van der Waals surface area contributed by atoms with Gasteiger partial charge < -0.3 is 10.1 Å². The van der Waals surface area contributed by atoms with E-state index in [4.69, 9.17) is 4.74 Å². The predicted octanol–water partition coefficient (Wildman–Crippen LogP) is 2.80. The number of hydrogen-bond donors (Lipinski definition) is 1. The zero-order valence-electron chi connectivity index (χ0n) is 9.62. The summed E-state index contributed by atoms with van der Waals surface area (Å²) in [5, 5.41) is 3.32. The first-order valence-corrected chi connectivity index (χ1v) is 6.71. The summed E-state index contributed by atoms with van der Waals surface area (Å²) in [4.78, 5) is 12.5. The molecule has 5 heteroatoms. The molecule has 0 aromatic carbocycles. The van der Waals surface area contributed by atoms with E-state index in [0.29, 0.717) is 0 Å². The molecule has 1 rings (SSSR count). The number of hydrogen-bond acceptors (Lipinski definition) is 4. The van der Waals surface area contributed by atoms with Gasteiger partial charge in [-0.3, -0.25) is 4.79 Å². The Labute approximate surface area is 108 Å². The number of nitrogens with one attached hydrogen (secondary N) is 1. The second-order valence-corrected chi connectivity index (χ2v) is 6.23. The zero-order valence-corrected chi connectivity index (χ0v) is 12.0. The van der Waals surface area contributed by atoms with E-state index in [9.17, 15) is 4.79 Å². The Hall–Kier alpha value is -0.390. The van der Waals surface area contributed by atoms with Crippen LogP contribution in [0.2, 0.25) is 0 Å². The fourth-order valence-electron chi connectivity index (χ4n) is 1.28. The highest BCUT2D eigenvalue weighted by atomic mass is 79.9. The molecule has 0 saturated heterocycles. The quantitative estimate of drug-likeness (QED) is 0.850. The lowest BCUT2D eigenvalue weighted by atomic mass is 10.0. The van der Waals surface area contributed by atoms with Crippen LogP contribution in [0.3, 0.4) is 0 Å². The SMILES string of the molecule is COC(=O)C(C)C(C)NCc1ccc(Br)s1. The summed E-state index contributed by atoms with van der Waals surface area (Å²) < 4.78 is 5.83. The summed E-state index contributed by atoms with van der Waals surface area (Å²) in [7, 11) is 1.42. The van der Waals surface area contributed by atoms with Crippen molar-refractivity contribution in [2.24, 2.45) is 5.92 Å². The number of carbonyl (C=O) groups excluding carboxylic acids is 1. The average molecular weight is 306 g/mol. The first-order chi connectivity index (χ1) is 7.54. The Morgan fingerprint density at radius 1 is 1.56 bits per heavy atom. The molecule has 16 heavy (non-hydrogen) atoms. The number of carbonyl (C=O) groups is 1. The summed E-state index contributed by atoms with van der Waals surface area (Å²) >= 11 is 5.11. The molecule has 90 valence electrons. The van der Waals surface area contributed by atoms with Crippen molar-refractivity contribution < 1.29 is 9.53 Å². The minimum Gasteiger partial charge on any atom is -0.469 e. The highest BCUT2D eigenvalue weighted by Gasteiger charge is 2.20. The minimum absolute atomic E-state index is 0.105. The lowest BCUT2D eigenvalue weighted by Crippen LogP contribution is -2.36. The number of halogens is 1. The number of thiophene rings is 1. The van der Waals surface area contributed by atoms with Gasteiger partial charge in [-0.05, 0) is 35.0 Å². The van der Waals surface area contributed by atoms with Crippen molar-refractivity contribution in [2.75, 3.05) is 7.11 Å². The van der Waals surface area contributed by atoms with Gasteiger partial charge in [-0.1, -0.05) is 6.92 Å². The Kier molecular flexibility index (Phi) is 5.44. The molecule has 3 nitrogen and oxygen atoms in total. The first kappa shape index (κ1) is 13.7. The van der Waals surface area contributed by atoms with Gasteiger partial charge in [-0.15, -0.1) is 11.3 Å². The van der Waals surface area contributed by atoms with Crippen molar-refractivity contribution in [1.82, 2.24) is 5.32 Å². The average Bonchev–Trinajstić information content (AvgIpc) is 2.69. The van der Waals surface area contributed by atoms with E-state index in [2.05, 4.69) is 27.3 Å². The van der Waals surface area contributed by atoms with Crippen LogP contribution in [-0.4, -0.2) is 19.1 Å². The van der Waals surface area contributed by atoms with E-state index >= 15 is 0 Å². The summed E-state index contributed by atoms with van der Waals surface area (Å²) in [5.74, 6) is -0.305. The van der Waals surface area contributed by atoms with Gasteiger partial charge in [-0.2, -0.15) is 0 Å². The van der Waals surface area contributed by atoms with Crippen LogP contribution in [0.25, 0.3) is 0 Å². The summed E-state index contributed by atoms with van der Waals surface area (Å²) in [5.41, 5.74) is 0. The number of rotatable bonds is 5. The molecule has 0 spiro atoms. The Morgan fingerprint density at radius 3 is 2.75 bits per heavy atom. The van der Waals surface area contributed by atoms with Gasteiger partial charge in [0.2, 0.25) is 0 Å².